The van der Waals surface area contributed by atoms with Crippen LogP contribution in [-0.2, 0) is 0 Å². The number of nitrogens with zero attached hydrogens (tertiary/aromatic N) is 1. The van der Waals surface area contributed by atoms with Crippen LogP contribution in [-0.4, -0.2) is 35.7 Å². The van der Waals surface area contributed by atoms with Crippen LogP contribution in [0.4, 0.5) is 5.69 Å². The summed E-state index contributed by atoms with van der Waals surface area (Å²) < 4.78 is 1.09. The summed E-state index contributed by atoms with van der Waals surface area (Å²) in [6.07, 6.45) is 3.66. The zero-order valence-corrected chi connectivity index (χ0v) is 15.2. The van der Waals surface area contributed by atoms with Crippen molar-refractivity contribution in [1.29, 1.82) is 0 Å². The van der Waals surface area contributed by atoms with Crippen molar-refractivity contribution in [2.24, 2.45) is 0 Å². The maximum absolute atomic E-state index is 5.46. The molecule has 5 heteroatoms. The molecule has 0 aliphatic carbocycles. The molecule has 1 aromatic carbocycles. The summed E-state index contributed by atoms with van der Waals surface area (Å²) in [5.74, 6) is 0. The lowest BCUT2D eigenvalue weighted by Gasteiger charge is -2.33. The predicted molar refractivity (Wildman–Crippen MR) is 98.0 cm³/mol. The fraction of sp³-hybridized carbons (Fsp3) is 0.562. The lowest BCUT2D eigenvalue weighted by Crippen LogP contribution is -2.48. The largest absolute Gasteiger partial charge is 0.358 e. The molecule has 1 aliphatic rings. The topological polar surface area (TPSA) is 27.3 Å². The monoisotopic (exact) mass is 369 g/mol. The molecule has 0 radical (unpaired) electrons. The molecule has 116 valence electrons. The molecule has 1 atom stereocenters. The smallest absolute Gasteiger partial charge is 0.171 e. The van der Waals surface area contributed by atoms with Crippen molar-refractivity contribution in [2.75, 3.05) is 25.0 Å². The number of rotatable bonds is 4. The molecule has 0 amide bonds. The van der Waals surface area contributed by atoms with Gasteiger partial charge < -0.3 is 15.5 Å². The summed E-state index contributed by atoms with van der Waals surface area (Å²) in [5.41, 5.74) is 2.25. The number of piperidine rings is 1. The minimum Gasteiger partial charge on any atom is -0.358 e. The Bertz CT molecular complexity index is 490. The summed E-state index contributed by atoms with van der Waals surface area (Å²) in [4.78, 5) is 2.52. The normalized spacial score (nSPS) is 19.3. The number of anilines is 1. The second-order valence-corrected chi connectivity index (χ2v) is 7.02. The van der Waals surface area contributed by atoms with Gasteiger partial charge in [0.2, 0.25) is 0 Å². The van der Waals surface area contributed by atoms with Crippen molar-refractivity contribution in [1.82, 2.24) is 10.2 Å². The lowest BCUT2D eigenvalue weighted by atomic mass is 10.1. The van der Waals surface area contributed by atoms with Crippen molar-refractivity contribution < 1.29 is 0 Å². The van der Waals surface area contributed by atoms with Crippen LogP contribution >= 0.6 is 28.1 Å². The molecule has 1 heterocycles. The van der Waals surface area contributed by atoms with Crippen LogP contribution in [0.3, 0.4) is 0 Å². The van der Waals surface area contributed by atoms with Crippen LogP contribution in [0.25, 0.3) is 0 Å². The summed E-state index contributed by atoms with van der Waals surface area (Å²) >= 11 is 8.94. The number of aryl methyl sites for hydroxylation is 1. The molecule has 0 aromatic heterocycles. The molecule has 0 spiro atoms. The van der Waals surface area contributed by atoms with Crippen molar-refractivity contribution >= 4 is 38.9 Å². The van der Waals surface area contributed by atoms with E-state index in [0.717, 1.165) is 21.8 Å². The molecule has 3 nitrogen and oxygen atoms in total. The van der Waals surface area contributed by atoms with Crippen LogP contribution in [0.15, 0.2) is 22.7 Å². The lowest BCUT2D eigenvalue weighted by molar-refractivity contribution is 0.201. The summed E-state index contributed by atoms with van der Waals surface area (Å²) in [7, 11) is 0. The van der Waals surface area contributed by atoms with Gasteiger partial charge in [-0.1, -0.05) is 22.9 Å². The van der Waals surface area contributed by atoms with Gasteiger partial charge >= 0.3 is 0 Å². The zero-order chi connectivity index (χ0) is 15.2. The van der Waals surface area contributed by atoms with E-state index in [9.17, 15) is 0 Å². The molecule has 0 saturated carbocycles. The quantitative estimate of drug-likeness (QED) is 0.786. The van der Waals surface area contributed by atoms with Crippen molar-refractivity contribution in [3.8, 4) is 0 Å². The van der Waals surface area contributed by atoms with E-state index >= 15 is 0 Å². The van der Waals surface area contributed by atoms with E-state index in [1.54, 1.807) is 0 Å². The highest BCUT2D eigenvalue weighted by Crippen LogP contribution is 2.20. The first-order chi connectivity index (χ1) is 10.1. The minimum absolute atomic E-state index is 0.459. The summed E-state index contributed by atoms with van der Waals surface area (Å²) in [6.45, 7) is 7.82. The first kappa shape index (κ1) is 16.7. The maximum atomic E-state index is 5.46. The molecule has 1 aromatic rings. The van der Waals surface area contributed by atoms with Crippen LogP contribution in [0.5, 0.6) is 0 Å². The average molecular weight is 370 g/mol. The summed E-state index contributed by atoms with van der Waals surface area (Å²) in [5, 5.41) is 7.50. The van der Waals surface area contributed by atoms with Crippen molar-refractivity contribution in [3.63, 3.8) is 0 Å². The predicted octanol–water partition coefficient (Wildman–Crippen LogP) is 3.92. The molecule has 21 heavy (non-hydrogen) atoms. The highest BCUT2D eigenvalue weighted by Gasteiger charge is 2.19. The highest BCUT2D eigenvalue weighted by molar-refractivity contribution is 9.10. The molecule has 0 unspecified atom stereocenters. The maximum Gasteiger partial charge on any atom is 0.171 e. The van der Waals surface area contributed by atoms with E-state index in [0.29, 0.717) is 6.04 Å². The number of hydrogen-bond acceptors (Lipinski definition) is 2. The van der Waals surface area contributed by atoms with E-state index in [-0.39, 0.29) is 0 Å². The molecule has 2 N–H and O–H groups in total. The van der Waals surface area contributed by atoms with E-state index in [1.165, 1.54) is 37.9 Å². The Kier molecular flexibility index (Phi) is 6.45. The van der Waals surface area contributed by atoms with Crippen LogP contribution in [0, 0.1) is 6.92 Å². The Morgan fingerprint density at radius 1 is 1.48 bits per heavy atom. The van der Waals surface area contributed by atoms with Gasteiger partial charge in [-0.15, -0.1) is 0 Å². The first-order valence-electron chi connectivity index (χ1n) is 7.64. The Balaban J connectivity index is 1.86. The highest BCUT2D eigenvalue weighted by atomic mass is 79.9. The van der Waals surface area contributed by atoms with Gasteiger partial charge in [0.25, 0.3) is 0 Å². The van der Waals surface area contributed by atoms with Gasteiger partial charge in [0.1, 0.15) is 0 Å². The number of benzene rings is 1. The van der Waals surface area contributed by atoms with Crippen molar-refractivity contribution in [3.05, 3.63) is 28.2 Å². The molecule has 2 rings (SSSR count). The number of hydrogen-bond donors (Lipinski definition) is 2. The van der Waals surface area contributed by atoms with Gasteiger partial charge in [0, 0.05) is 22.7 Å². The van der Waals surface area contributed by atoms with E-state index in [2.05, 4.69) is 57.4 Å². The number of nitrogens with one attached hydrogen (secondary N) is 2. The molecule has 1 aliphatic heterocycles. The molecular formula is C16H24BrN3S. The first-order valence-corrected chi connectivity index (χ1v) is 8.84. The number of halogens is 1. The van der Waals surface area contributed by atoms with Gasteiger partial charge in [0.15, 0.2) is 5.11 Å². The Morgan fingerprint density at radius 3 is 3.00 bits per heavy atom. The van der Waals surface area contributed by atoms with Crippen molar-refractivity contribution in [2.45, 2.75) is 39.2 Å². The molecule has 1 saturated heterocycles. The van der Waals surface area contributed by atoms with Crippen LogP contribution < -0.4 is 10.6 Å². The van der Waals surface area contributed by atoms with Gasteiger partial charge in [-0.2, -0.15) is 0 Å². The second kappa shape index (κ2) is 8.11. The summed E-state index contributed by atoms with van der Waals surface area (Å²) in [6, 6.07) is 6.63. The minimum atomic E-state index is 0.459. The van der Waals surface area contributed by atoms with Crippen LogP contribution in [0.1, 0.15) is 31.7 Å². The molecular weight excluding hydrogens is 346 g/mol. The molecule has 0 bridgehead atoms. The SMILES string of the molecule is CCCN1CCC[C@@H](NC(=S)Nc2ccc(Br)cc2C)C1. The third kappa shape index (κ3) is 5.24. The molecule has 1 fully saturated rings. The van der Waals surface area contributed by atoms with E-state index in [1.807, 2.05) is 6.07 Å². The Labute approximate surface area is 141 Å². The fourth-order valence-corrected chi connectivity index (χ4v) is 3.56. The van der Waals surface area contributed by atoms with E-state index < -0.39 is 0 Å². The standard InChI is InChI=1S/C16H24BrN3S/c1-3-8-20-9-4-5-14(11-20)18-16(21)19-15-7-6-13(17)10-12(15)2/h6-7,10,14H,3-5,8-9,11H2,1-2H3,(H2,18,19,21)/t14-/m1/s1. The van der Waals surface area contributed by atoms with Crippen LogP contribution in [0.2, 0.25) is 0 Å². The Morgan fingerprint density at radius 2 is 2.29 bits per heavy atom. The Hall–Kier alpha value is -0.650. The van der Waals surface area contributed by atoms with Gasteiger partial charge in [-0.25, -0.2) is 0 Å². The average Bonchev–Trinajstić information content (AvgIpc) is 2.43. The van der Waals surface area contributed by atoms with Gasteiger partial charge in [-0.3, -0.25) is 0 Å². The zero-order valence-electron chi connectivity index (χ0n) is 12.8. The van der Waals surface area contributed by atoms with E-state index in [4.69, 9.17) is 12.2 Å². The fourth-order valence-electron chi connectivity index (χ4n) is 2.80. The number of likely N-dealkylation sites (tertiary alicyclic amines) is 1. The third-order valence-corrected chi connectivity index (χ3v) is 4.53. The second-order valence-electron chi connectivity index (χ2n) is 5.70. The van der Waals surface area contributed by atoms with Gasteiger partial charge in [0.05, 0.1) is 0 Å². The van der Waals surface area contributed by atoms with Gasteiger partial charge in [-0.05, 0) is 75.3 Å². The number of thiocarbonyl (C=S) groups is 1. The third-order valence-electron chi connectivity index (χ3n) is 3.82.